The predicted molar refractivity (Wildman–Crippen MR) is 154 cm³/mol. The van der Waals surface area contributed by atoms with Crippen LogP contribution in [0.2, 0.25) is 0 Å². The number of thiazole rings is 1. The Morgan fingerprint density at radius 3 is 2.54 bits per heavy atom. The van der Waals surface area contributed by atoms with Crippen LogP contribution in [0.3, 0.4) is 0 Å². The van der Waals surface area contributed by atoms with E-state index in [0.717, 1.165) is 16.9 Å². The summed E-state index contributed by atoms with van der Waals surface area (Å²) in [6.07, 6.45) is 3.43. The number of imidazole rings is 1. The lowest BCUT2D eigenvalue weighted by atomic mass is 9.96. The van der Waals surface area contributed by atoms with Gasteiger partial charge in [-0.3, -0.25) is 14.5 Å². The number of carbonyl (C=O) groups is 3. The van der Waals surface area contributed by atoms with Gasteiger partial charge in [-0.15, -0.1) is 0 Å². The Hall–Kier alpha value is -4.77. The summed E-state index contributed by atoms with van der Waals surface area (Å²) in [5.74, 6) is -2.18. The van der Waals surface area contributed by atoms with Crippen molar-refractivity contribution in [2.75, 3.05) is 18.1 Å². The minimum Gasteiger partial charge on any atom is -0.505 e. The van der Waals surface area contributed by atoms with Crippen LogP contribution < -0.4 is 9.64 Å². The number of esters is 1. The molecule has 1 amide bonds. The van der Waals surface area contributed by atoms with Gasteiger partial charge in [0, 0.05) is 6.20 Å². The van der Waals surface area contributed by atoms with E-state index in [1.54, 1.807) is 51.1 Å². The van der Waals surface area contributed by atoms with Crippen LogP contribution in [0.1, 0.15) is 50.8 Å². The number of aromatic nitrogens is 3. The summed E-state index contributed by atoms with van der Waals surface area (Å²) in [4.78, 5) is 50.2. The SMILES string of the molecule is C=CCOc1ccc(C2C(=C(O)c3nc4c(C)cccn4c3C)C(=O)C(=O)N2c2nc(C)c(C(=O)OCC)s2)cc1. The standard InChI is InChI=1S/C30H28N4O6S/c1-6-15-40-20-12-10-19(11-13-20)23-21(24(35)22-18(5)33-14-8-9-16(3)27(33)32-22)25(36)28(37)34(23)30-31-17(4)26(41-30)29(38)39-7-2/h6,8-14,23,35H,1,7,15H2,2-5H3. The summed E-state index contributed by atoms with van der Waals surface area (Å²) < 4.78 is 12.6. The van der Waals surface area contributed by atoms with Crippen molar-refractivity contribution in [2.24, 2.45) is 0 Å². The number of pyridine rings is 1. The number of anilines is 1. The van der Waals surface area contributed by atoms with Gasteiger partial charge >= 0.3 is 11.9 Å². The first-order chi connectivity index (χ1) is 19.7. The zero-order chi connectivity index (χ0) is 29.4. The van der Waals surface area contributed by atoms with Gasteiger partial charge in [0.2, 0.25) is 0 Å². The maximum Gasteiger partial charge on any atom is 0.350 e. The van der Waals surface area contributed by atoms with Crippen molar-refractivity contribution in [3.05, 3.63) is 93.9 Å². The maximum atomic E-state index is 13.6. The molecule has 4 aromatic rings. The van der Waals surface area contributed by atoms with Crippen LogP contribution >= 0.6 is 11.3 Å². The molecule has 3 aromatic heterocycles. The molecule has 0 bridgehead atoms. The molecule has 0 saturated carbocycles. The lowest BCUT2D eigenvalue weighted by molar-refractivity contribution is -0.132. The smallest absolute Gasteiger partial charge is 0.350 e. The first kappa shape index (κ1) is 27.8. The number of rotatable bonds is 8. The summed E-state index contributed by atoms with van der Waals surface area (Å²) >= 11 is 0.949. The molecule has 10 nitrogen and oxygen atoms in total. The number of amides is 1. The van der Waals surface area contributed by atoms with Gasteiger partial charge in [0.15, 0.2) is 10.9 Å². The second kappa shape index (κ2) is 11.0. The van der Waals surface area contributed by atoms with Crippen molar-refractivity contribution < 1.29 is 29.0 Å². The van der Waals surface area contributed by atoms with E-state index < -0.39 is 29.5 Å². The van der Waals surface area contributed by atoms with E-state index in [4.69, 9.17) is 9.47 Å². The molecule has 0 radical (unpaired) electrons. The summed E-state index contributed by atoms with van der Waals surface area (Å²) in [5.41, 5.74) is 3.06. The number of aliphatic hydroxyl groups excluding tert-OH is 1. The quantitative estimate of drug-likeness (QED) is 0.102. The van der Waals surface area contributed by atoms with Gasteiger partial charge in [0.1, 0.15) is 28.6 Å². The molecule has 1 aromatic carbocycles. The van der Waals surface area contributed by atoms with Gasteiger partial charge < -0.3 is 19.0 Å². The Morgan fingerprint density at radius 1 is 1.15 bits per heavy atom. The summed E-state index contributed by atoms with van der Waals surface area (Å²) in [7, 11) is 0. The van der Waals surface area contributed by atoms with E-state index in [9.17, 15) is 19.5 Å². The predicted octanol–water partition coefficient (Wildman–Crippen LogP) is 5.08. The third-order valence-electron chi connectivity index (χ3n) is 6.77. The minimum absolute atomic E-state index is 0.131. The molecule has 1 N–H and O–H groups in total. The lowest BCUT2D eigenvalue weighted by Gasteiger charge is -2.23. The third-order valence-corrected chi connectivity index (χ3v) is 7.91. The zero-order valence-corrected chi connectivity index (χ0v) is 23.8. The van der Waals surface area contributed by atoms with E-state index in [0.29, 0.717) is 35.0 Å². The molecule has 11 heteroatoms. The topological polar surface area (TPSA) is 123 Å². The van der Waals surface area contributed by atoms with Crippen LogP contribution in [0.5, 0.6) is 5.75 Å². The second-order valence-corrected chi connectivity index (χ2v) is 10.4. The molecule has 1 unspecified atom stereocenters. The first-order valence-electron chi connectivity index (χ1n) is 12.9. The Bertz CT molecular complexity index is 1730. The largest absolute Gasteiger partial charge is 0.505 e. The van der Waals surface area contributed by atoms with Crippen LogP contribution in [0.4, 0.5) is 5.13 Å². The second-order valence-electron chi connectivity index (χ2n) is 9.40. The Balaban J connectivity index is 1.70. The third kappa shape index (κ3) is 4.78. The van der Waals surface area contributed by atoms with Gasteiger partial charge in [-0.05, 0) is 57.0 Å². The molecule has 5 rings (SSSR count). The van der Waals surface area contributed by atoms with Gasteiger partial charge in [-0.1, -0.05) is 42.2 Å². The number of Topliss-reactive ketones (excluding diaryl/α,β-unsaturated/α-hetero) is 1. The number of nitrogens with zero attached hydrogens (tertiary/aromatic N) is 4. The van der Waals surface area contributed by atoms with E-state index in [1.807, 2.05) is 29.7 Å². The van der Waals surface area contributed by atoms with Crippen molar-refractivity contribution in [3.8, 4) is 5.75 Å². The van der Waals surface area contributed by atoms with Crippen molar-refractivity contribution in [3.63, 3.8) is 0 Å². The van der Waals surface area contributed by atoms with Crippen LogP contribution in [0, 0.1) is 20.8 Å². The molecule has 1 aliphatic rings. The summed E-state index contributed by atoms with van der Waals surface area (Å²) in [6.45, 7) is 11.1. The van der Waals surface area contributed by atoms with Crippen LogP contribution in [-0.2, 0) is 14.3 Å². The number of carbonyl (C=O) groups excluding carboxylic acids is 3. The van der Waals surface area contributed by atoms with E-state index >= 15 is 0 Å². The number of hydrogen-bond acceptors (Lipinski definition) is 9. The van der Waals surface area contributed by atoms with Crippen molar-refractivity contribution >= 4 is 45.5 Å². The molecule has 1 aliphatic heterocycles. The highest BCUT2D eigenvalue weighted by molar-refractivity contribution is 7.17. The minimum atomic E-state index is -1.05. The Kier molecular flexibility index (Phi) is 7.46. The molecular formula is C30H28N4O6S. The molecule has 0 spiro atoms. The highest BCUT2D eigenvalue weighted by Gasteiger charge is 2.49. The molecule has 1 atom stereocenters. The molecular weight excluding hydrogens is 544 g/mol. The van der Waals surface area contributed by atoms with E-state index in [2.05, 4.69) is 16.5 Å². The lowest BCUT2D eigenvalue weighted by Crippen LogP contribution is -2.29. The molecule has 1 saturated heterocycles. The average molecular weight is 573 g/mol. The highest BCUT2D eigenvalue weighted by Crippen LogP contribution is 2.44. The monoisotopic (exact) mass is 572 g/mol. The summed E-state index contributed by atoms with van der Waals surface area (Å²) in [5, 5.41) is 11.8. The maximum absolute atomic E-state index is 13.6. The number of hydrogen-bond donors (Lipinski definition) is 1. The van der Waals surface area contributed by atoms with Gasteiger partial charge in [0.25, 0.3) is 5.78 Å². The number of aryl methyl sites for hydroxylation is 3. The molecule has 0 aliphatic carbocycles. The Labute approximate surface area is 240 Å². The van der Waals surface area contributed by atoms with Crippen molar-refractivity contribution in [1.29, 1.82) is 0 Å². The number of ketones is 1. The molecule has 41 heavy (non-hydrogen) atoms. The van der Waals surface area contributed by atoms with E-state index in [-0.39, 0.29) is 27.9 Å². The average Bonchev–Trinajstić information content (AvgIpc) is 3.59. The molecule has 1 fully saturated rings. The van der Waals surface area contributed by atoms with Crippen LogP contribution in [0.25, 0.3) is 11.4 Å². The number of aliphatic hydroxyl groups is 1. The molecule has 4 heterocycles. The zero-order valence-electron chi connectivity index (χ0n) is 23.0. The van der Waals surface area contributed by atoms with Gasteiger partial charge in [-0.2, -0.15) is 0 Å². The fourth-order valence-corrected chi connectivity index (χ4v) is 5.78. The number of ether oxygens (including phenoxy) is 2. The fourth-order valence-electron chi connectivity index (χ4n) is 4.79. The van der Waals surface area contributed by atoms with Crippen LogP contribution in [0.15, 0.2) is 60.8 Å². The van der Waals surface area contributed by atoms with Crippen molar-refractivity contribution in [2.45, 2.75) is 33.7 Å². The Morgan fingerprint density at radius 2 is 1.88 bits per heavy atom. The summed E-state index contributed by atoms with van der Waals surface area (Å²) in [6, 6.07) is 9.54. The molecule has 210 valence electrons. The van der Waals surface area contributed by atoms with Gasteiger partial charge in [-0.25, -0.2) is 14.8 Å². The fraction of sp³-hybridized carbons (Fsp3) is 0.233. The number of fused-ring (bicyclic) bond motifs is 1. The highest BCUT2D eigenvalue weighted by atomic mass is 32.1. The normalized spacial score (nSPS) is 16.4. The number of benzene rings is 1. The van der Waals surface area contributed by atoms with Gasteiger partial charge in [0.05, 0.1) is 29.6 Å². The first-order valence-corrected chi connectivity index (χ1v) is 13.7. The van der Waals surface area contributed by atoms with Crippen LogP contribution in [-0.4, -0.2) is 50.3 Å². The van der Waals surface area contributed by atoms with E-state index in [1.165, 1.54) is 4.90 Å². The van der Waals surface area contributed by atoms with Crippen molar-refractivity contribution in [1.82, 2.24) is 14.4 Å².